The summed E-state index contributed by atoms with van der Waals surface area (Å²) in [6.45, 7) is 0.637. The van der Waals surface area contributed by atoms with Crippen LogP contribution < -0.4 is 0 Å². The highest BCUT2D eigenvalue weighted by molar-refractivity contribution is 6.35. The van der Waals surface area contributed by atoms with Gasteiger partial charge in [-0.2, -0.15) is 13.2 Å². The number of rotatable bonds is 7. The molecular weight excluding hydrogens is 577 g/mol. The Morgan fingerprint density at radius 2 is 1.32 bits per heavy atom. The van der Waals surface area contributed by atoms with Crippen molar-refractivity contribution in [3.63, 3.8) is 0 Å². The molecule has 1 N–H and O–H groups in total. The first-order chi connectivity index (χ1) is 19.5. The van der Waals surface area contributed by atoms with Crippen molar-refractivity contribution in [1.29, 1.82) is 0 Å². The van der Waals surface area contributed by atoms with E-state index in [0.29, 0.717) is 24.7 Å². The third-order valence-electron chi connectivity index (χ3n) is 7.11. The van der Waals surface area contributed by atoms with Gasteiger partial charge >= 0.3 is 6.18 Å². The lowest BCUT2D eigenvalue weighted by Gasteiger charge is -2.50. The topological polar surface area (TPSA) is 40.5 Å². The maximum absolute atomic E-state index is 13.8. The average Bonchev–Trinajstić information content (AvgIpc) is 2.94. The van der Waals surface area contributed by atoms with E-state index in [9.17, 15) is 27.5 Å². The number of alkyl halides is 3. The fraction of sp³-hybridized carbons (Fsp3) is 0.156. The molecule has 41 heavy (non-hydrogen) atoms. The molecule has 0 atom stereocenters. The van der Waals surface area contributed by atoms with Gasteiger partial charge in [0.25, 0.3) is 0 Å². The highest BCUT2D eigenvalue weighted by atomic mass is 35.5. The molecule has 0 aliphatic carbocycles. The molecule has 1 aliphatic heterocycles. The van der Waals surface area contributed by atoms with Gasteiger partial charge in [-0.25, -0.2) is 4.39 Å². The first kappa shape index (κ1) is 29.0. The van der Waals surface area contributed by atoms with Crippen molar-refractivity contribution in [2.75, 3.05) is 13.1 Å². The van der Waals surface area contributed by atoms with E-state index in [2.05, 4.69) is 4.90 Å². The number of benzene rings is 4. The molecule has 4 aromatic carbocycles. The zero-order valence-corrected chi connectivity index (χ0v) is 22.9. The molecule has 1 aliphatic rings. The molecule has 0 spiro atoms. The minimum Gasteiger partial charge on any atom is -0.382 e. The van der Waals surface area contributed by atoms with Crippen molar-refractivity contribution in [3.05, 3.63) is 147 Å². The fourth-order valence-electron chi connectivity index (χ4n) is 5.07. The van der Waals surface area contributed by atoms with Crippen LogP contribution in [0.2, 0.25) is 10.0 Å². The lowest BCUT2D eigenvalue weighted by atomic mass is 9.82. The van der Waals surface area contributed by atoms with Crippen LogP contribution in [0, 0.1) is 5.82 Å². The molecule has 1 saturated heterocycles. The predicted molar refractivity (Wildman–Crippen MR) is 151 cm³/mol. The van der Waals surface area contributed by atoms with E-state index >= 15 is 0 Å². The molecule has 0 saturated carbocycles. The number of ketones is 1. The Bertz CT molecular complexity index is 1520. The van der Waals surface area contributed by atoms with Gasteiger partial charge in [0.05, 0.1) is 21.7 Å². The Morgan fingerprint density at radius 1 is 0.829 bits per heavy atom. The van der Waals surface area contributed by atoms with Gasteiger partial charge in [-0.3, -0.25) is 9.69 Å². The standard InChI is InChI=1S/C32H23Cl2F4NO2/c33-26-15-23(16-27(34)29(26)35)25(32(36,37)38)17-28(40)20-11-13-24(14-12-20)31(41)18-39(19-31)30(21-7-3-1-4-8-21)22-9-5-2-6-10-22/h1-17,30,41H,18-19H2/b25-17-. The van der Waals surface area contributed by atoms with Crippen LogP contribution in [-0.2, 0) is 5.60 Å². The summed E-state index contributed by atoms with van der Waals surface area (Å²) in [4.78, 5) is 15.0. The molecule has 0 amide bonds. The van der Waals surface area contributed by atoms with E-state index in [0.717, 1.165) is 23.3 Å². The fourth-order valence-corrected chi connectivity index (χ4v) is 5.56. The SMILES string of the molecule is O=C(/C=C(/c1cc(Cl)c(F)c(Cl)c1)C(F)(F)F)c1ccc(C2(O)CN(C(c3ccccc3)c3ccccc3)C2)cc1. The first-order valence-corrected chi connectivity index (χ1v) is 13.4. The third-order valence-corrected chi connectivity index (χ3v) is 7.66. The molecule has 0 radical (unpaired) electrons. The Labute approximate surface area is 244 Å². The molecule has 0 unspecified atom stereocenters. The molecule has 1 fully saturated rings. The Hall–Kier alpha value is -3.49. The van der Waals surface area contributed by atoms with Crippen molar-refractivity contribution >= 4 is 34.6 Å². The van der Waals surface area contributed by atoms with Gasteiger partial charge in [0, 0.05) is 18.7 Å². The lowest BCUT2D eigenvalue weighted by molar-refractivity contribution is -0.116. The lowest BCUT2D eigenvalue weighted by Crippen LogP contribution is -2.60. The molecule has 0 aromatic heterocycles. The highest BCUT2D eigenvalue weighted by Gasteiger charge is 2.46. The number of hydrogen-bond acceptors (Lipinski definition) is 3. The van der Waals surface area contributed by atoms with E-state index in [1.165, 1.54) is 24.3 Å². The van der Waals surface area contributed by atoms with Crippen molar-refractivity contribution in [2.45, 2.75) is 17.8 Å². The number of carbonyl (C=O) groups is 1. The number of allylic oxidation sites excluding steroid dienone is 2. The molecule has 3 nitrogen and oxygen atoms in total. The van der Waals surface area contributed by atoms with E-state index < -0.39 is 44.6 Å². The van der Waals surface area contributed by atoms with Crippen LogP contribution in [0.1, 0.15) is 38.7 Å². The minimum atomic E-state index is -4.93. The van der Waals surface area contributed by atoms with Gasteiger partial charge in [0.1, 0.15) is 5.60 Å². The van der Waals surface area contributed by atoms with Crippen molar-refractivity contribution in [1.82, 2.24) is 4.90 Å². The second-order valence-corrected chi connectivity index (χ2v) is 10.7. The molecular formula is C32H23Cl2F4NO2. The van der Waals surface area contributed by atoms with Crippen LogP contribution in [-0.4, -0.2) is 35.1 Å². The normalized spacial score (nSPS) is 15.6. The van der Waals surface area contributed by atoms with E-state index in [4.69, 9.17) is 23.2 Å². The predicted octanol–water partition coefficient (Wildman–Crippen LogP) is 8.25. The summed E-state index contributed by atoms with van der Waals surface area (Å²) in [6.07, 6.45) is -4.50. The number of likely N-dealkylation sites (tertiary alicyclic amines) is 1. The maximum Gasteiger partial charge on any atom is 0.417 e. The van der Waals surface area contributed by atoms with Gasteiger partial charge < -0.3 is 5.11 Å². The average molecular weight is 600 g/mol. The number of β-amino-alcohol motifs (C(OH)–C–C–N with tert-alkyl or cyclic N) is 1. The van der Waals surface area contributed by atoms with E-state index in [1.54, 1.807) is 0 Å². The molecule has 4 aromatic rings. The number of carbonyl (C=O) groups excluding carboxylic acids is 1. The quantitative estimate of drug-likeness (QED) is 0.101. The Morgan fingerprint density at radius 3 is 1.78 bits per heavy atom. The maximum atomic E-state index is 13.8. The summed E-state index contributed by atoms with van der Waals surface area (Å²) in [6, 6.07) is 27.2. The molecule has 5 rings (SSSR count). The Kier molecular flexibility index (Phi) is 8.08. The summed E-state index contributed by atoms with van der Waals surface area (Å²) >= 11 is 11.4. The number of nitrogens with zero attached hydrogens (tertiary/aromatic N) is 1. The van der Waals surface area contributed by atoms with E-state index in [1.807, 2.05) is 60.7 Å². The van der Waals surface area contributed by atoms with Crippen LogP contribution in [0.15, 0.2) is 103 Å². The molecule has 1 heterocycles. The third kappa shape index (κ3) is 6.09. The smallest absolute Gasteiger partial charge is 0.382 e. The van der Waals surface area contributed by atoms with Crippen molar-refractivity contribution < 1.29 is 27.5 Å². The summed E-state index contributed by atoms with van der Waals surface area (Å²) in [5, 5.41) is 10.2. The summed E-state index contributed by atoms with van der Waals surface area (Å²) in [5.74, 6) is -1.97. The molecule has 210 valence electrons. The summed E-state index contributed by atoms with van der Waals surface area (Å²) < 4.78 is 55.2. The van der Waals surface area contributed by atoms with Crippen LogP contribution in [0.5, 0.6) is 0 Å². The van der Waals surface area contributed by atoms with Gasteiger partial charge in [-0.1, -0.05) is 108 Å². The molecule has 0 bridgehead atoms. The van der Waals surface area contributed by atoms with Gasteiger partial charge in [0.2, 0.25) is 0 Å². The Balaban J connectivity index is 1.36. The largest absolute Gasteiger partial charge is 0.417 e. The second kappa shape index (κ2) is 11.4. The zero-order valence-electron chi connectivity index (χ0n) is 21.4. The van der Waals surface area contributed by atoms with Crippen LogP contribution in [0.3, 0.4) is 0 Å². The number of aliphatic hydroxyl groups is 1. The molecule has 9 heteroatoms. The van der Waals surface area contributed by atoms with Crippen LogP contribution >= 0.6 is 23.2 Å². The van der Waals surface area contributed by atoms with Crippen molar-refractivity contribution in [3.8, 4) is 0 Å². The van der Waals surface area contributed by atoms with Crippen molar-refractivity contribution in [2.24, 2.45) is 0 Å². The summed E-state index contributed by atoms with van der Waals surface area (Å²) in [5.41, 5.74) is -0.345. The number of halogens is 6. The van der Waals surface area contributed by atoms with E-state index in [-0.39, 0.29) is 11.6 Å². The summed E-state index contributed by atoms with van der Waals surface area (Å²) in [7, 11) is 0. The minimum absolute atomic E-state index is 0.0129. The van der Waals surface area contributed by atoms with Gasteiger partial charge in [-0.05, 0) is 40.5 Å². The van der Waals surface area contributed by atoms with Crippen LogP contribution in [0.4, 0.5) is 17.6 Å². The zero-order chi connectivity index (χ0) is 29.4. The van der Waals surface area contributed by atoms with Gasteiger partial charge in [-0.15, -0.1) is 0 Å². The second-order valence-electron chi connectivity index (χ2n) is 9.91. The first-order valence-electron chi connectivity index (χ1n) is 12.6. The van der Waals surface area contributed by atoms with Gasteiger partial charge in [0.15, 0.2) is 11.6 Å². The number of hydrogen-bond donors (Lipinski definition) is 1. The highest BCUT2D eigenvalue weighted by Crippen LogP contribution is 2.41. The monoisotopic (exact) mass is 599 g/mol. The van der Waals surface area contributed by atoms with Crippen LogP contribution in [0.25, 0.3) is 5.57 Å².